The quantitative estimate of drug-likeness (QED) is 0.801. The molecule has 4 unspecified atom stereocenters. The van der Waals surface area contributed by atoms with Crippen LogP contribution in [0.5, 0.6) is 5.75 Å². The first-order chi connectivity index (χ1) is 12.1. The van der Waals surface area contributed by atoms with E-state index in [9.17, 15) is 4.79 Å². The first-order valence-corrected chi connectivity index (χ1v) is 9.78. The number of carbonyl (C=O) groups is 1. The largest absolute Gasteiger partial charge is 0.497 e. The van der Waals surface area contributed by atoms with Crippen molar-refractivity contribution in [3.8, 4) is 5.75 Å². The minimum Gasteiger partial charge on any atom is -0.497 e. The first-order valence-electron chi connectivity index (χ1n) is 9.78. The van der Waals surface area contributed by atoms with Gasteiger partial charge in [-0.1, -0.05) is 18.6 Å². The Morgan fingerprint density at radius 1 is 1.36 bits per heavy atom. The molecule has 3 aliphatic rings. The first kappa shape index (κ1) is 16.9. The Bertz CT molecular complexity index is 643. The lowest BCUT2D eigenvalue weighted by atomic mass is 9.68. The molecule has 3 aliphatic carbocycles. The Morgan fingerprint density at radius 3 is 2.80 bits per heavy atom. The summed E-state index contributed by atoms with van der Waals surface area (Å²) < 4.78 is 5.38. The number of hydrogen-bond acceptors (Lipinski definition) is 3. The molecule has 4 atom stereocenters. The molecule has 3 fully saturated rings. The maximum Gasteiger partial charge on any atom is 0.227 e. The van der Waals surface area contributed by atoms with Crippen molar-refractivity contribution in [1.29, 1.82) is 0 Å². The second-order valence-electron chi connectivity index (χ2n) is 8.42. The topological polar surface area (TPSA) is 64.3 Å². The van der Waals surface area contributed by atoms with Gasteiger partial charge in [-0.15, -0.1) is 0 Å². The van der Waals surface area contributed by atoms with E-state index in [0.717, 1.165) is 24.5 Å². The maximum atomic E-state index is 13.4. The molecule has 2 bridgehead atoms. The highest BCUT2D eigenvalue weighted by atomic mass is 16.5. The number of nitrogens with one attached hydrogen (secondary N) is 1. The average Bonchev–Trinajstić information content (AvgIpc) is 3.28. The second kappa shape index (κ2) is 6.64. The van der Waals surface area contributed by atoms with Gasteiger partial charge in [0.2, 0.25) is 5.91 Å². The normalized spacial score (nSPS) is 31.8. The maximum absolute atomic E-state index is 13.4. The Balaban J connectivity index is 1.57. The number of nitrogens with two attached hydrogens (primary N) is 1. The van der Waals surface area contributed by atoms with Crippen molar-refractivity contribution in [2.24, 2.45) is 28.9 Å². The van der Waals surface area contributed by atoms with Crippen molar-refractivity contribution >= 4 is 5.91 Å². The third-order valence-corrected chi connectivity index (χ3v) is 6.84. The minimum atomic E-state index is -0.252. The van der Waals surface area contributed by atoms with E-state index in [4.69, 9.17) is 10.5 Å². The molecule has 4 rings (SSSR count). The third kappa shape index (κ3) is 3.17. The average molecular weight is 342 g/mol. The van der Waals surface area contributed by atoms with Gasteiger partial charge in [-0.2, -0.15) is 0 Å². The molecule has 0 radical (unpaired) electrons. The summed E-state index contributed by atoms with van der Waals surface area (Å²) in [6, 6.07) is 8.37. The van der Waals surface area contributed by atoms with Crippen molar-refractivity contribution in [3.05, 3.63) is 29.8 Å². The lowest BCUT2D eigenvalue weighted by molar-refractivity contribution is -0.135. The summed E-state index contributed by atoms with van der Waals surface area (Å²) in [5, 5.41) is 3.35. The Hall–Kier alpha value is -1.55. The highest BCUT2D eigenvalue weighted by molar-refractivity contribution is 5.84. The monoisotopic (exact) mass is 342 g/mol. The van der Waals surface area contributed by atoms with Gasteiger partial charge < -0.3 is 15.8 Å². The fourth-order valence-corrected chi connectivity index (χ4v) is 5.35. The molecule has 1 aromatic carbocycles. The zero-order valence-corrected chi connectivity index (χ0v) is 15.2. The predicted octanol–water partition coefficient (Wildman–Crippen LogP) is 2.90. The second-order valence-corrected chi connectivity index (χ2v) is 8.42. The minimum absolute atomic E-state index is 0.161. The molecule has 1 amide bonds. The number of rotatable bonds is 7. The van der Waals surface area contributed by atoms with Crippen LogP contribution in [0.2, 0.25) is 0 Å². The summed E-state index contributed by atoms with van der Waals surface area (Å²) in [5.74, 6) is 2.96. The van der Waals surface area contributed by atoms with Crippen LogP contribution in [-0.4, -0.2) is 25.6 Å². The van der Waals surface area contributed by atoms with Gasteiger partial charge in [-0.3, -0.25) is 4.79 Å². The molecule has 3 saturated carbocycles. The van der Waals surface area contributed by atoms with Crippen LogP contribution in [0, 0.1) is 23.2 Å². The fourth-order valence-electron chi connectivity index (χ4n) is 5.35. The van der Waals surface area contributed by atoms with Gasteiger partial charge in [0.05, 0.1) is 12.5 Å². The molecule has 25 heavy (non-hydrogen) atoms. The van der Waals surface area contributed by atoms with E-state index in [1.54, 1.807) is 7.11 Å². The molecule has 0 heterocycles. The highest BCUT2D eigenvalue weighted by Crippen LogP contribution is 2.57. The SMILES string of the molecule is COc1cccc(CC2(C(=O)NC(CN)C3CC3)CC3CCC2C3)c1. The molecule has 136 valence electrons. The van der Waals surface area contributed by atoms with E-state index in [1.165, 1.54) is 37.7 Å². The molecule has 3 N–H and O–H groups in total. The van der Waals surface area contributed by atoms with Gasteiger partial charge in [0.1, 0.15) is 5.75 Å². The molecule has 1 aromatic rings. The van der Waals surface area contributed by atoms with Crippen LogP contribution in [0.25, 0.3) is 0 Å². The number of carbonyl (C=O) groups excluding carboxylic acids is 1. The summed E-state index contributed by atoms with van der Waals surface area (Å²) in [6.45, 7) is 0.555. The summed E-state index contributed by atoms with van der Waals surface area (Å²) >= 11 is 0. The molecule has 0 saturated heterocycles. The number of fused-ring (bicyclic) bond motifs is 2. The van der Waals surface area contributed by atoms with Crippen molar-refractivity contribution in [1.82, 2.24) is 5.32 Å². The summed E-state index contributed by atoms with van der Waals surface area (Å²) in [4.78, 5) is 13.4. The van der Waals surface area contributed by atoms with Crippen LogP contribution in [0.4, 0.5) is 0 Å². The van der Waals surface area contributed by atoms with E-state index >= 15 is 0 Å². The van der Waals surface area contributed by atoms with Crippen LogP contribution in [0.1, 0.15) is 44.1 Å². The number of amides is 1. The molecule has 4 nitrogen and oxygen atoms in total. The van der Waals surface area contributed by atoms with E-state index in [1.807, 2.05) is 12.1 Å². The zero-order valence-electron chi connectivity index (χ0n) is 15.2. The van der Waals surface area contributed by atoms with E-state index < -0.39 is 0 Å². The standard InChI is InChI=1S/C21H30N2O2/c1-25-18-4-2-3-14(10-18)11-21(12-15-5-8-17(21)9-15)20(24)23-19(13-22)16-6-7-16/h2-4,10,15-17,19H,5-9,11-13,22H2,1H3,(H,23,24). The van der Waals surface area contributed by atoms with Crippen LogP contribution in [0.15, 0.2) is 24.3 Å². The number of methoxy groups -OCH3 is 1. The third-order valence-electron chi connectivity index (χ3n) is 6.84. The van der Waals surface area contributed by atoms with Gasteiger partial charge in [0.15, 0.2) is 0 Å². The zero-order chi connectivity index (χ0) is 17.4. The number of hydrogen-bond donors (Lipinski definition) is 2. The van der Waals surface area contributed by atoms with Gasteiger partial charge in [0.25, 0.3) is 0 Å². The van der Waals surface area contributed by atoms with E-state index in [0.29, 0.717) is 18.4 Å². The Morgan fingerprint density at radius 2 is 2.20 bits per heavy atom. The van der Waals surface area contributed by atoms with Gasteiger partial charge in [0, 0.05) is 12.6 Å². The smallest absolute Gasteiger partial charge is 0.227 e. The van der Waals surface area contributed by atoms with E-state index in [-0.39, 0.29) is 17.4 Å². The van der Waals surface area contributed by atoms with Crippen molar-refractivity contribution in [2.45, 2.75) is 51.0 Å². The number of benzene rings is 1. The van der Waals surface area contributed by atoms with Crippen molar-refractivity contribution in [3.63, 3.8) is 0 Å². The van der Waals surface area contributed by atoms with Gasteiger partial charge >= 0.3 is 0 Å². The lowest BCUT2D eigenvalue weighted by Crippen LogP contribution is -2.52. The van der Waals surface area contributed by atoms with Gasteiger partial charge in [-0.05, 0) is 74.0 Å². The van der Waals surface area contributed by atoms with Crippen LogP contribution >= 0.6 is 0 Å². The molecule has 0 aliphatic heterocycles. The molecule has 4 heteroatoms. The summed E-state index contributed by atoms with van der Waals surface area (Å²) in [6.07, 6.45) is 7.96. The van der Waals surface area contributed by atoms with Crippen molar-refractivity contribution in [2.75, 3.05) is 13.7 Å². The number of ether oxygens (including phenoxy) is 1. The van der Waals surface area contributed by atoms with Crippen molar-refractivity contribution < 1.29 is 9.53 Å². The van der Waals surface area contributed by atoms with Crippen LogP contribution < -0.4 is 15.8 Å². The molecule has 0 spiro atoms. The molecular formula is C21H30N2O2. The Labute approximate surface area is 150 Å². The fraction of sp³-hybridized carbons (Fsp3) is 0.667. The lowest BCUT2D eigenvalue weighted by Gasteiger charge is -2.38. The Kier molecular flexibility index (Phi) is 4.48. The van der Waals surface area contributed by atoms with Crippen LogP contribution in [-0.2, 0) is 11.2 Å². The molecular weight excluding hydrogens is 312 g/mol. The summed E-state index contributed by atoms with van der Waals surface area (Å²) in [7, 11) is 1.70. The predicted molar refractivity (Wildman–Crippen MR) is 98.3 cm³/mol. The highest BCUT2D eigenvalue weighted by Gasteiger charge is 2.55. The summed E-state index contributed by atoms with van der Waals surface area (Å²) in [5.41, 5.74) is 6.89. The van der Waals surface area contributed by atoms with Gasteiger partial charge in [-0.25, -0.2) is 0 Å². The van der Waals surface area contributed by atoms with E-state index in [2.05, 4.69) is 17.4 Å². The molecule has 0 aromatic heterocycles. The van der Waals surface area contributed by atoms with Crippen LogP contribution in [0.3, 0.4) is 0 Å².